The SMILES string of the molecule is O=C(NC1CCOC1)c1cncc(O)c1. The highest BCUT2D eigenvalue weighted by atomic mass is 16.5. The fraction of sp³-hybridized carbons (Fsp3) is 0.400. The largest absolute Gasteiger partial charge is 0.506 e. The number of aromatic hydroxyl groups is 1. The maximum Gasteiger partial charge on any atom is 0.253 e. The van der Waals surface area contributed by atoms with E-state index in [1.807, 2.05) is 0 Å². The number of rotatable bonds is 2. The van der Waals surface area contributed by atoms with Crippen molar-refractivity contribution in [3.8, 4) is 5.75 Å². The molecule has 0 aliphatic carbocycles. The fourth-order valence-electron chi connectivity index (χ4n) is 1.47. The molecule has 1 fully saturated rings. The van der Waals surface area contributed by atoms with Crippen LogP contribution in [0.5, 0.6) is 5.75 Å². The number of hydrogen-bond acceptors (Lipinski definition) is 4. The Bertz CT molecular complexity index is 361. The number of carbonyl (C=O) groups excluding carboxylic acids is 1. The van der Waals surface area contributed by atoms with E-state index in [-0.39, 0.29) is 17.7 Å². The zero-order valence-corrected chi connectivity index (χ0v) is 8.14. The van der Waals surface area contributed by atoms with Gasteiger partial charge in [-0.1, -0.05) is 0 Å². The summed E-state index contributed by atoms with van der Waals surface area (Å²) < 4.78 is 5.14. The molecule has 0 saturated carbocycles. The molecule has 1 amide bonds. The van der Waals surface area contributed by atoms with Crippen LogP contribution in [0, 0.1) is 0 Å². The average Bonchev–Trinajstić information content (AvgIpc) is 2.70. The third-order valence-electron chi connectivity index (χ3n) is 2.25. The maximum atomic E-state index is 11.6. The normalized spacial score (nSPS) is 20.1. The summed E-state index contributed by atoms with van der Waals surface area (Å²) in [7, 11) is 0. The topological polar surface area (TPSA) is 71.5 Å². The first-order chi connectivity index (χ1) is 7.25. The van der Waals surface area contributed by atoms with Crippen molar-refractivity contribution in [3.63, 3.8) is 0 Å². The van der Waals surface area contributed by atoms with Crippen LogP contribution in [0.1, 0.15) is 16.8 Å². The van der Waals surface area contributed by atoms with Crippen molar-refractivity contribution >= 4 is 5.91 Å². The Hall–Kier alpha value is -1.62. The minimum atomic E-state index is -0.228. The van der Waals surface area contributed by atoms with Crippen molar-refractivity contribution in [1.82, 2.24) is 10.3 Å². The number of ether oxygens (including phenoxy) is 1. The van der Waals surface area contributed by atoms with Gasteiger partial charge >= 0.3 is 0 Å². The van der Waals surface area contributed by atoms with E-state index in [2.05, 4.69) is 10.3 Å². The molecule has 0 bridgehead atoms. The fourth-order valence-corrected chi connectivity index (χ4v) is 1.47. The molecule has 1 aliphatic heterocycles. The molecule has 0 radical (unpaired) electrons. The molecule has 1 aromatic heterocycles. The summed E-state index contributed by atoms with van der Waals surface area (Å²) in [5.41, 5.74) is 0.363. The number of nitrogens with zero attached hydrogens (tertiary/aromatic N) is 1. The van der Waals surface area contributed by atoms with Gasteiger partial charge in [0.15, 0.2) is 0 Å². The van der Waals surface area contributed by atoms with Gasteiger partial charge in [0.2, 0.25) is 0 Å². The molecule has 15 heavy (non-hydrogen) atoms. The standard InChI is InChI=1S/C10H12N2O3/c13-9-3-7(4-11-5-9)10(14)12-8-1-2-15-6-8/h3-5,8,13H,1-2,6H2,(H,12,14). The number of amides is 1. The Balaban J connectivity index is 2.01. The second kappa shape index (κ2) is 4.27. The lowest BCUT2D eigenvalue weighted by molar-refractivity contribution is 0.0929. The molecular weight excluding hydrogens is 196 g/mol. The van der Waals surface area contributed by atoms with Gasteiger partial charge in [-0.05, 0) is 12.5 Å². The van der Waals surface area contributed by atoms with E-state index in [1.54, 1.807) is 0 Å². The average molecular weight is 208 g/mol. The van der Waals surface area contributed by atoms with Gasteiger partial charge in [-0.25, -0.2) is 0 Å². The first-order valence-electron chi connectivity index (χ1n) is 4.78. The minimum Gasteiger partial charge on any atom is -0.506 e. The first kappa shape index (κ1) is 9.92. The van der Waals surface area contributed by atoms with Crippen molar-refractivity contribution in [2.24, 2.45) is 0 Å². The predicted molar refractivity (Wildman–Crippen MR) is 52.6 cm³/mol. The van der Waals surface area contributed by atoms with E-state index in [4.69, 9.17) is 9.84 Å². The third-order valence-corrected chi connectivity index (χ3v) is 2.25. The summed E-state index contributed by atoms with van der Waals surface area (Å²) in [6.45, 7) is 1.24. The molecule has 1 atom stereocenters. The van der Waals surface area contributed by atoms with Crippen LogP contribution in [-0.2, 0) is 4.74 Å². The van der Waals surface area contributed by atoms with E-state index in [9.17, 15) is 4.79 Å². The highest BCUT2D eigenvalue weighted by Gasteiger charge is 2.18. The molecule has 5 heteroatoms. The van der Waals surface area contributed by atoms with Gasteiger partial charge in [0.05, 0.1) is 24.4 Å². The highest BCUT2D eigenvalue weighted by molar-refractivity contribution is 5.94. The molecule has 0 aromatic carbocycles. The quantitative estimate of drug-likeness (QED) is 0.733. The molecule has 1 saturated heterocycles. The molecule has 0 spiro atoms. The van der Waals surface area contributed by atoms with Crippen LogP contribution >= 0.6 is 0 Å². The van der Waals surface area contributed by atoms with Crippen LogP contribution in [0.4, 0.5) is 0 Å². The zero-order chi connectivity index (χ0) is 10.7. The monoisotopic (exact) mass is 208 g/mol. The summed E-state index contributed by atoms with van der Waals surface area (Å²) in [5, 5.41) is 12.0. The first-order valence-corrected chi connectivity index (χ1v) is 4.78. The molecule has 2 rings (SSSR count). The maximum absolute atomic E-state index is 11.6. The van der Waals surface area contributed by atoms with Gasteiger partial charge in [-0.2, -0.15) is 0 Å². The number of carbonyl (C=O) groups is 1. The number of hydrogen-bond donors (Lipinski definition) is 2. The Morgan fingerprint density at radius 3 is 3.13 bits per heavy atom. The Morgan fingerprint density at radius 1 is 1.60 bits per heavy atom. The van der Waals surface area contributed by atoms with Crippen LogP contribution in [0.15, 0.2) is 18.5 Å². The number of nitrogens with one attached hydrogen (secondary N) is 1. The van der Waals surface area contributed by atoms with Gasteiger partial charge < -0.3 is 15.2 Å². The van der Waals surface area contributed by atoms with Crippen molar-refractivity contribution < 1.29 is 14.6 Å². The van der Waals surface area contributed by atoms with Gasteiger partial charge in [-0.15, -0.1) is 0 Å². The predicted octanol–water partition coefficient (Wildman–Crippen LogP) is 0.306. The number of aromatic nitrogens is 1. The zero-order valence-electron chi connectivity index (χ0n) is 8.14. The molecule has 1 unspecified atom stereocenters. The summed E-state index contributed by atoms with van der Waals surface area (Å²) >= 11 is 0. The van der Waals surface area contributed by atoms with Crippen LogP contribution in [0.25, 0.3) is 0 Å². The highest BCUT2D eigenvalue weighted by Crippen LogP contribution is 2.10. The van der Waals surface area contributed by atoms with Gasteiger partial charge in [0.1, 0.15) is 5.75 Å². The molecular formula is C10H12N2O3. The second-order valence-corrected chi connectivity index (χ2v) is 3.47. The van der Waals surface area contributed by atoms with E-state index >= 15 is 0 Å². The third kappa shape index (κ3) is 2.44. The molecule has 2 heterocycles. The van der Waals surface area contributed by atoms with Gasteiger partial charge in [-0.3, -0.25) is 9.78 Å². The smallest absolute Gasteiger partial charge is 0.253 e. The summed E-state index contributed by atoms with van der Waals surface area (Å²) in [6, 6.07) is 1.46. The molecule has 5 nitrogen and oxygen atoms in total. The van der Waals surface area contributed by atoms with Crippen molar-refractivity contribution in [3.05, 3.63) is 24.0 Å². The summed E-state index contributed by atoms with van der Waals surface area (Å²) in [6.07, 6.45) is 3.54. The lowest BCUT2D eigenvalue weighted by Gasteiger charge is -2.10. The van der Waals surface area contributed by atoms with E-state index in [0.29, 0.717) is 18.8 Å². The van der Waals surface area contributed by atoms with Crippen molar-refractivity contribution in [2.75, 3.05) is 13.2 Å². The summed E-state index contributed by atoms with van der Waals surface area (Å²) in [5.74, 6) is -0.237. The molecule has 2 N–H and O–H groups in total. The van der Waals surface area contributed by atoms with Crippen LogP contribution < -0.4 is 5.32 Å². The summed E-state index contributed by atoms with van der Waals surface area (Å²) in [4.78, 5) is 15.4. The van der Waals surface area contributed by atoms with Crippen molar-refractivity contribution in [2.45, 2.75) is 12.5 Å². The lowest BCUT2D eigenvalue weighted by atomic mass is 10.2. The molecule has 1 aliphatic rings. The van der Waals surface area contributed by atoms with Crippen LogP contribution in [-0.4, -0.2) is 35.3 Å². The minimum absolute atomic E-state index is 0.00896. The number of pyridine rings is 1. The second-order valence-electron chi connectivity index (χ2n) is 3.47. The van der Waals surface area contributed by atoms with Crippen molar-refractivity contribution in [1.29, 1.82) is 0 Å². The Kier molecular flexibility index (Phi) is 2.82. The van der Waals surface area contributed by atoms with E-state index < -0.39 is 0 Å². The van der Waals surface area contributed by atoms with E-state index in [0.717, 1.165) is 6.42 Å². The van der Waals surface area contributed by atoms with Crippen LogP contribution in [0.2, 0.25) is 0 Å². The van der Waals surface area contributed by atoms with Gasteiger partial charge in [0.25, 0.3) is 5.91 Å². The Labute approximate surface area is 87.1 Å². The van der Waals surface area contributed by atoms with E-state index in [1.165, 1.54) is 18.5 Å². The molecule has 80 valence electrons. The lowest BCUT2D eigenvalue weighted by Crippen LogP contribution is -2.35. The van der Waals surface area contributed by atoms with Gasteiger partial charge in [0, 0.05) is 12.8 Å². The Morgan fingerprint density at radius 2 is 2.47 bits per heavy atom. The molecule has 1 aromatic rings. The van der Waals surface area contributed by atoms with Crippen LogP contribution in [0.3, 0.4) is 0 Å².